The first-order valence-electron chi connectivity index (χ1n) is 6.45. The second kappa shape index (κ2) is 6.99. The van der Waals surface area contributed by atoms with Gasteiger partial charge >= 0.3 is 5.97 Å². The number of hydrogen-bond donors (Lipinski definition) is 2. The second-order valence-electron chi connectivity index (χ2n) is 4.69. The highest BCUT2D eigenvalue weighted by atomic mass is 35.5. The SMILES string of the molecule is O=C(NCC(C(=O)O)c1ccc(Cl)cc1)C1CCCS1. The van der Waals surface area contributed by atoms with E-state index in [1.54, 1.807) is 36.0 Å². The number of carbonyl (C=O) groups is 2. The van der Waals surface area contributed by atoms with Crippen molar-refractivity contribution in [1.29, 1.82) is 0 Å². The van der Waals surface area contributed by atoms with Crippen LogP contribution in [0.1, 0.15) is 24.3 Å². The van der Waals surface area contributed by atoms with Crippen molar-refractivity contribution < 1.29 is 14.7 Å². The summed E-state index contributed by atoms with van der Waals surface area (Å²) in [5.74, 6) is -0.764. The number of thioether (sulfide) groups is 1. The standard InChI is InChI=1S/C14H16ClNO3S/c15-10-5-3-9(4-6-10)11(14(18)19)8-16-13(17)12-2-1-7-20-12/h3-6,11-12H,1-2,7-8H2,(H,16,17)(H,18,19). The molecule has 1 amide bonds. The predicted molar refractivity (Wildman–Crippen MR) is 80.3 cm³/mol. The number of carboxylic acid groups (broad SMARTS) is 1. The molecule has 2 rings (SSSR count). The minimum Gasteiger partial charge on any atom is -0.481 e. The van der Waals surface area contributed by atoms with Gasteiger partial charge in [0.15, 0.2) is 0 Å². The molecular formula is C14H16ClNO3S. The Balaban J connectivity index is 1.97. The van der Waals surface area contributed by atoms with Crippen LogP contribution in [-0.4, -0.2) is 34.5 Å². The van der Waals surface area contributed by atoms with Crippen molar-refractivity contribution in [3.8, 4) is 0 Å². The monoisotopic (exact) mass is 313 g/mol. The van der Waals surface area contributed by atoms with E-state index in [4.69, 9.17) is 11.6 Å². The number of halogens is 1. The van der Waals surface area contributed by atoms with E-state index in [1.165, 1.54) is 0 Å². The van der Waals surface area contributed by atoms with Gasteiger partial charge in [-0.2, -0.15) is 0 Å². The molecule has 6 heteroatoms. The number of carbonyl (C=O) groups excluding carboxylic acids is 1. The first-order valence-corrected chi connectivity index (χ1v) is 7.88. The molecule has 1 aromatic carbocycles. The molecule has 0 radical (unpaired) electrons. The third kappa shape index (κ3) is 3.90. The number of aliphatic carboxylic acids is 1. The lowest BCUT2D eigenvalue weighted by atomic mass is 9.99. The fourth-order valence-corrected chi connectivity index (χ4v) is 3.46. The molecule has 2 unspecified atom stereocenters. The van der Waals surface area contributed by atoms with E-state index in [0.29, 0.717) is 10.6 Å². The molecular weight excluding hydrogens is 298 g/mol. The van der Waals surface area contributed by atoms with Gasteiger partial charge in [0.25, 0.3) is 0 Å². The molecule has 1 aliphatic rings. The molecule has 4 nitrogen and oxygen atoms in total. The van der Waals surface area contributed by atoms with Gasteiger partial charge in [-0.05, 0) is 36.3 Å². The summed E-state index contributed by atoms with van der Waals surface area (Å²) in [6, 6.07) is 6.66. The van der Waals surface area contributed by atoms with Crippen molar-refractivity contribution in [2.75, 3.05) is 12.3 Å². The van der Waals surface area contributed by atoms with Gasteiger partial charge in [0.2, 0.25) is 5.91 Å². The Morgan fingerprint density at radius 3 is 2.65 bits per heavy atom. The minimum atomic E-state index is -0.952. The quantitative estimate of drug-likeness (QED) is 0.876. The summed E-state index contributed by atoms with van der Waals surface area (Å²) in [4.78, 5) is 23.2. The van der Waals surface area contributed by atoms with E-state index >= 15 is 0 Å². The normalized spacial score (nSPS) is 19.6. The van der Waals surface area contributed by atoms with Crippen LogP contribution in [0.5, 0.6) is 0 Å². The Morgan fingerprint density at radius 2 is 2.10 bits per heavy atom. The molecule has 2 atom stereocenters. The van der Waals surface area contributed by atoms with Crippen molar-refractivity contribution >= 4 is 35.2 Å². The molecule has 0 aliphatic carbocycles. The topological polar surface area (TPSA) is 66.4 Å². The van der Waals surface area contributed by atoms with E-state index in [-0.39, 0.29) is 17.7 Å². The van der Waals surface area contributed by atoms with Crippen LogP contribution in [0.4, 0.5) is 0 Å². The Bertz CT molecular complexity index is 486. The van der Waals surface area contributed by atoms with Crippen molar-refractivity contribution in [2.45, 2.75) is 24.0 Å². The van der Waals surface area contributed by atoms with Crippen LogP contribution >= 0.6 is 23.4 Å². The first-order chi connectivity index (χ1) is 9.58. The number of carboxylic acids is 1. The maximum Gasteiger partial charge on any atom is 0.312 e. The molecule has 1 fully saturated rings. The first kappa shape index (κ1) is 15.2. The van der Waals surface area contributed by atoms with Crippen molar-refractivity contribution in [3.63, 3.8) is 0 Å². The fourth-order valence-electron chi connectivity index (χ4n) is 2.14. The number of amides is 1. The zero-order valence-corrected chi connectivity index (χ0v) is 12.4. The summed E-state index contributed by atoms with van der Waals surface area (Å²) in [6.07, 6.45) is 1.91. The predicted octanol–water partition coefficient (Wildman–Crippen LogP) is 2.52. The maximum atomic E-state index is 11.9. The van der Waals surface area contributed by atoms with Gasteiger partial charge in [0.05, 0.1) is 11.2 Å². The summed E-state index contributed by atoms with van der Waals surface area (Å²) in [5, 5.41) is 12.6. The Hall–Kier alpha value is -1.20. The Morgan fingerprint density at radius 1 is 1.40 bits per heavy atom. The number of benzene rings is 1. The molecule has 0 bridgehead atoms. The summed E-state index contributed by atoms with van der Waals surface area (Å²) in [5.41, 5.74) is 0.640. The lowest BCUT2D eigenvalue weighted by Crippen LogP contribution is -2.36. The van der Waals surface area contributed by atoms with Crippen LogP contribution in [0.2, 0.25) is 5.02 Å². The fraction of sp³-hybridized carbons (Fsp3) is 0.429. The van der Waals surface area contributed by atoms with Gasteiger partial charge in [-0.1, -0.05) is 23.7 Å². The third-order valence-electron chi connectivity index (χ3n) is 3.27. The molecule has 1 heterocycles. The average molecular weight is 314 g/mol. The molecule has 0 spiro atoms. The summed E-state index contributed by atoms with van der Waals surface area (Å²) in [6.45, 7) is 0.104. The van der Waals surface area contributed by atoms with Crippen molar-refractivity contribution in [1.82, 2.24) is 5.32 Å². The average Bonchev–Trinajstić information content (AvgIpc) is 2.94. The van der Waals surface area contributed by atoms with Crippen LogP contribution in [0.15, 0.2) is 24.3 Å². The molecule has 1 aromatic rings. The summed E-state index contributed by atoms with van der Waals surface area (Å²) >= 11 is 7.42. The van der Waals surface area contributed by atoms with Crippen molar-refractivity contribution in [2.24, 2.45) is 0 Å². The largest absolute Gasteiger partial charge is 0.481 e. The zero-order valence-electron chi connectivity index (χ0n) is 10.8. The van der Waals surface area contributed by atoms with Gasteiger partial charge < -0.3 is 10.4 Å². The maximum absolute atomic E-state index is 11.9. The zero-order chi connectivity index (χ0) is 14.5. The molecule has 1 aliphatic heterocycles. The number of rotatable bonds is 5. The molecule has 108 valence electrons. The van der Waals surface area contributed by atoms with Gasteiger partial charge in [0, 0.05) is 11.6 Å². The van der Waals surface area contributed by atoms with E-state index in [0.717, 1.165) is 18.6 Å². The Kier molecular flexibility index (Phi) is 5.31. The lowest BCUT2D eigenvalue weighted by molar-refractivity contribution is -0.138. The van der Waals surface area contributed by atoms with E-state index in [1.807, 2.05) is 0 Å². The van der Waals surface area contributed by atoms with E-state index < -0.39 is 11.9 Å². The highest BCUT2D eigenvalue weighted by Gasteiger charge is 2.26. The summed E-state index contributed by atoms with van der Waals surface area (Å²) in [7, 11) is 0. The third-order valence-corrected chi connectivity index (χ3v) is 4.90. The van der Waals surface area contributed by atoms with Crippen LogP contribution < -0.4 is 5.32 Å². The number of nitrogens with one attached hydrogen (secondary N) is 1. The molecule has 0 saturated carbocycles. The summed E-state index contributed by atoms with van der Waals surface area (Å²) < 4.78 is 0. The van der Waals surface area contributed by atoms with E-state index in [9.17, 15) is 14.7 Å². The number of hydrogen-bond acceptors (Lipinski definition) is 3. The van der Waals surface area contributed by atoms with Crippen LogP contribution in [0, 0.1) is 0 Å². The van der Waals surface area contributed by atoms with Crippen LogP contribution in [-0.2, 0) is 9.59 Å². The van der Waals surface area contributed by atoms with Crippen molar-refractivity contribution in [3.05, 3.63) is 34.9 Å². The second-order valence-corrected chi connectivity index (χ2v) is 6.44. The highest BCUT2D eigenvalue weighted by Crippen LogP contribution is 2.26. The minimum absolute atomic E-state index is 0.0327. The van der Waals surface area contributed by atoms with Crippen LogP contribution in [0.3, 0.4) is 0 Å². The molecule has 20 heavy (non-hydrogen) atoms. The molecule has 1 saturated heterocycles. The van der Waals surface area contributed by atoms with Gasteiger partial charge in [-0.3, -0.25) is 9.59 Å². The van der Waals surface area contributed by atoms with Gasteiger partial charge in [0.1, 0.15) is 0 Å². The Labute approximate surface area is 126 Å². The van der Waals surface area contributed by atoms with E-state index in [2.05, 4.69) is 5.32 Å². The highest BCUT2D eigenvalue weighted by molar-refractivity contribution is 8.00. The van der Waals surface area contributed by atoms with Gasteiger partial charge in [-0.25, -0.2) is 0 Å². The molecule has 0 aromatic heterocycles. The lowest BCUT2D eigenvalue weighted by Gasteiger charge is -2.15. The van der Waals surface area contributed by atoms with Crippen LogP contribution in [0.25, 0.3) is 0 Å². The van der Waals surface area contributed by atoms with Gasteiger partial charge in [-0.15, -0.1) is 11.8 Å². The smallest absolute Gasteiger partial charge is 0.312 e. The molecule has 2 N–H and O–H groups in total.